The van der Waals surface area contributed by atoms with Crippen LogP contribution in [-0.2, 0) is 9.53 Å². The molecule has 0 aliphatic carbocycles. The number of fused-ring (bicyclic) bond motifs is 1. The van der Waals surface area contributed by atoms with Gasteiger partial charge < -0.3 is 20.2 Å². The van der Waals surface area contributed by atoms with E-state index >= 15 is 0 Å². The summed E-state index contributed by atoms with van der Waals surface area (Å²) in [6.07, 6.45) is 0. The molecule has 21 heavy (non-hydrogen) atoms. The van der Waals surface area contributed by atoms with Crippen molar-refractivity contribution in [2.75, 3.05) is 19.0 Å². The van der Waals surface area contributed by atoms with Crippen molar-refractivity contribution in [3.05, 3.63) is 30.0 Å². The molecule has 1 heterocycles. The Bertz CT molecular complexity index is 653. The molecule has 0 saturated carbocycles. The van der Waals surface area contributed by atoms with Crippen molar-refractivity contribution in [2.45, 2.75) is 6.92 Å². The van der Waals surface area contributed by atoms with Gasteiger partial charge in [-0.2, -0.15) is 0 Å². The zero-order chi connectivity index (χ0) is 14.7. The highest BCUT2D eigenvalue weighted by Crippen LogP contribution is 2.23. The molecule has 1 atom stereocenters. The van der Waals surface area contributed by atoms with Crippen LogP contribution in [0.1, 0.15) is 17.5 Å². The molecule has 1 aromatic carbocycles. The van der Waals surface area contributed by atoms with Gasteiger partial charge in [0, 0.05) is 23.5 Å². The first kappa shape index (κ1) is 17.0. The predicted octanol–water partition coefficient (Wildman–Crippen LogP) is 2.17. The Hall–Kier alpha value is -2.05. The lowest BCUT2D eigenvalue weighted by Crippen LogP contribution is -2.26. The fraction of sp³-hybridized carbons (Fsp3) is 0.286. The van der Waals surface area contributed by atoms with Crippen molar-refractivity contribution in [3.63, 3.8) is 0 Å². The lowest BCUT2D eigenvalue weighted by atomic mass is 10.1. The van der Waals surface area contributed by atoms with Crippen LogP contribution in [0.25, 0.3) is 11.0 Å². The van der Waals surface area contributed by atoms with Crippen molar-refractivity contribution in [3.8, 4) is 0 Å². The van der Waals surface area contributed by atoms with Gasteiger partial charge in [0.2, 0.25) is 11.7 Å². The summed E-state index contributed by atoms with van der Waals surface area (Å²) in [5.74, 6) is -0.825. The zero-order valence-corrected chi connectivity index (χ0v) is 12.5. The topological polar surface area (TPSA) is 94.6 Å². The highest BCUT2D eigenvalue weighted by atomic mass is 35.5. The summed E-state index contributed by atoms with van der Waals surface area (Å²) in [7, 11) is 1.29. The fourth-order valence-corrected chi connectivity index (χ4v) is 1.69. The van der Waals surface area contributed by atoms with Crippen LogP contribution in [-0.4, -0.2) is 25.5 Å². The normalized spacial score (nSPS) is 11.6. The van der Waals surface area contributed by atoms with Gasteiger partial charge in [0.15, 0.2) is 0 Å². The molecule has 0 fully saturated rings. The van der Waals surface area contributed by atoms with Crippen LogP contribution >= 0.6 is 12.4 Å². The molecule has 2 aromatic rings. The monoisotopic (exact) mass is 312 g/mol. The zero-order valence-electron chi connectivity index (χ0n) is 11.7. The highest BCUT2D eigenvalue weighted by molar-refractivity contribution is 5.97. The van der Waals surface area contributed by atoms with Gasteiger partial charge in [0.05, 0.1) is 7.11 Å². The molecule has 0 saturated heterocycles. The predicted molar refractivity (Wildman–Crippen MR) is 81.6 cm³/mol. The minimum absolute atomic E-state index is 0. The Morgan fingerprint density at radius 2 is 2.10 bits per heavy atom. The van der Waals surface area contributed by atoms with Gasteiger partial charge in [0.25, 0.3) is 0 Å². The summed E-state index contributed by atoms with van der Waals surface area (Å²) in [4.78, 5) is 23.1. The van der Waals surface area contributed by atoms with Crippen molar-refractivity contribution in [1.29, 1.82) is 0 Å². The second kappa shape index (κ2) is 7.10. The average molecular weight is 313 g/mol. The number of nitrogens with one attached hydrogen (secondary N) is 1. The van der Waals surface area contributed by atoms with Crippen molar-refractivity contribution < 1.29 is 18.7 Å². The Balaban J connectivity index is 0.00000220. The van der Waals surface area contributed by atoms with Crippen molar-refractivity contribution in [1.82, 2.24) is 0 Å². The maximum Gasteiger partial charge on any atom is 0.373 e. The lowest BCUT2D eigenvalue weighted by molar-refractivity contribution is -0.119. The molecule has 0 aliphatic rings. The maximum absolute atomic E-state index is 11.8. The Kier molecular flexibility index (Phi) is 5.75. The molecule has 1 aromatic heterocycles. The molecular weight excluding hydrogens is 296 g/mol. The molecule has 0 aliphatic heterocycles. The molecule has 1 amide bonds. The number of hydrogen-bond acceptors (Lipinski definition) is 5. The number of methoxy groups -OCH3 is 1. The summed E-state index contributed by atoms with van der Waals surface area (Å²) in [5.41, 5.74) is 6.62. The first-order chi connectivity index (χ1) is 9.55. The van der Waals surface area contributed by atoms with E-state index < -0.39 is 5.97 Å². The third-order valence-corrected chi connectivity index (χ3v) is 2.97. The summed E-state index contributed by atoms with van der Waals surface area (Å²) < 4.78 is 9.93. The third-order valence-electron chi connectivity index (χ3n) is 2.97. The number of ether oxygens (including phenoxy) is 1. The molecule has 6 nitrogen and oxygen atoms in total. The van der Waals surface area contributed by atoms with Crippen molar-refractivity contribution >= 4 is 40.9 Å². The van der Waals surface area contributed by atoms with Gasteiger partial charge in [-0.15, -0.1) is 12.4 Å². The van der Waals surface area contributed by atoms with Gasteiger partial charge in [0.1, 0.15) is 5.58 Å². The van der Waals surface area contributed by atoms with Crippen LogP contribution in [0, 0.1) is 5.92 Å². The lowest BCUT2D eigenvalue weighted by Gasteiger charge is -2.09. The number of rotatable bonds is 4. The number of halogens is 1. The van der Waals surface area contributed by atoms with Crippen LogP contribution < -0.4 is 11.1 Å². The number of hydrogen-bond donors (Lipinski definition) is 2. The minimum atomic E-state index is -0.538. The van der Waals surface area contributed by atoms with Gasteiger partial charge in [-0.3, -0.25) is 4.79 Å². The maximum atomic E-state index is 11.8. The number of nitrogens with two attached hydrogens (primary N) is 1. The Morgan fingerprint density at radius 3 is 2.71 bits per heavy atom. The van der Waals surface area contributed by atoms with Gasteiger partial charge in [-0.1, -0.05) is 6.92 Å². The molecular formula is C14H17ClN2O4. The molecule has 1 unspecified atom stereocenters. The third kappa shape index (κ3) is 3.74. The van der Waals surface area contributed by atoms with E-state index in [0.717, 1.165) is 0 Å². The molecule has 0 spiro atoms. The van der Waals surface area contributed by atoms with Crippen LogP contribution in [0.4, 0.5) is 5.69 Å². The van der Waals surface area contributed by atoms with E-state index in [1.165, 1.54) is 7.11 Å². The number of anilines is 1. The Morgan fingerprint density at radius 1 is 1.38 bits per heavy atom. The summed E-state index contributed by atoms with van der Waals surface area (Å²) in [6.45, 7) is 2.04. The van der Waals surface area contributed by atoms with Crippen LogP contribution in [0.3, 0.4) is 0 Å². The average Bonchev–Trinajstić information content (AvgIpc) is 2.88. The number of carbonyl (C=O) groups is 2. The fourth-order valence-electron chi connectivity index (χ4n) is 1.69. The molecule has 0 radical (unpaired) electrons. The summed E-state index contributed by atoms with van der Waals surface area (Å²) in [6, 6.07) is 6.69. The largest absolute Gasteiger partial charge is 0.463 e. The van der Waals surface area contributed by atoms with E-state index in [1.54, 1.807) is 31.2 Å². The molecule has 0 bridgehead atoms. The standard InChI is InChI=1S/C14H16N2O4.ClH/c1-8(7-15)13(17)16-10-3-4-11-9(5-10)6-12(20-11)14(18)19-2;/h3-6,8H,7,15H2,1-2H3,(H,16,17);1H. The van der Waals surface area contributed by atoms with Gasteiger partial charge in [-0.05, 0) is 24.3 Å². The van der Waals surface area contributed by atoms with E-state index in [0.29, 0.717) is 16.7 Å². The van der Waals surface area contributed by atoms with Crippen molar-refractivity contribution in [2.24, 2.45) is 11.7 Å². The minimum Gasteiger partial charge on any atom is -0.463 e. The quantitative estimate of drug-likeness (QED) is 0.844. The molecule has 2 rings (SSSR count). The first-order valence-corrected chi connectivity index (χ1v) is 6.18. The van der Waals surface area contributed by atoms with Crippen LogP contribution in [0.5, 0.6) is 0 Å². The molecule has 7 heteroatoms. The van der Waals surface area contributed by atoms with E-state index in [1.807, 2.05) is 0 Å². The van der Waals surface area contributed by atoms with E-state index in [4.69, 9.17) is 10.2 Å². The van der Waals surface area contributed by atoms with E-state index in [2.05, 4.69) is 10.1 Å². The number of carbonyl (C=O) groups excluding carboxylic acids is 2. The number of esters is 1. The molecule has 114 valence electrons. The summed E-state index contributed by atoms with van der Waals surface area (Å²) >= 11 is 0. The Labute approximate surface area is 128 Å². The smallest absolute Gasteiger partial charge is 0.373 e. The first-order valence-electron chi connectivity index (χ1n) is 6.18. The van der Waals surface area contributed by atoms with E-state index in [-0.39, 0.29) is 36.5 Å². The number of amides is 1. The molecule has 3 N–H and O–H groups in total. The summed E-state index contributed by atoms with van der Waals surface area (Å²) in [5, 5.41) is 3.47. The van der Waals surface area contributed by atoms with Gasteiger partial charge >= 0.3 is 5.97 Å². The van der Waals surface area contributed by atoms with Gasteiger partial charge in [-0.25, -0.2) is 4.79 Å². The number of benzene rings is 1. The second-order valence-electron chi connectivity index (χ2n) is 4.48. The van der Waals surface area contributed by atoms with Crippen LogP contribution in [0.15, 0.2) is 28.7 Å². The highest BCUT2D eigenvalue weighted by Gasteiger charge is 2.14. The van der Waals surface area contributed by atoms with E-state index in [9.17, 15) is 9.59 Å². The van der Waals surface area contributed by atoms with Crippen LogP contribution in [0.2, 0.25) is 0 Å². The SMILES string of the molecule is COC(=O)c1cc2cc(NC(=O)C(C)CN)ccc2o1.Cl. The second-order valence-corrected chi connectivity index (χ2v) is 4.48. The number of furan rings is 1.